The molecular weight excluding hydrogens is 462 g/mol. The smallest absolute Gasteiger partial charge is 0.338 e. The molecule has 1 amide bonds. The third-order valence-corrected chi connectivity index (χ3v) is 5.65. The van der Waals surface area contributed by atoms with Crippen LogP contribution in [0, 0.1) is 11.3 Å². The molecule has 0 unspecified atom stereocenters. The summed E-state index contributed by atoms with van der Waals surface area (Å²) in [6.07, 6.45) is 1.48. The molecule has 174 valence electrons. The van der Waals surface area contributed by atoms with Gasteiger partial charge in [0.1, 0.15) is 17.6 Å². The molecule has 1 aliphatic heterocycles. The van der Waals surface area contributed by atoms with Crippen molar-refractivity contribution >= 4 is 40.6 Å². The Morgan fingerprint density at radius 3 is 2.57 bits per heavy atom. The maximum atomic E-state index is 12.6. The van der Waals surface area contributed by atoms with E-state index in [-0.39, 0.29) is 12.0 Å². The number of nitrogens with zero attached hydrogens (tertiary/aromatic N) is 2. The zero-order valence-electron chi connectivity index (χ0n) is 19.0. The number of hydrogen-bond donors (Lipinski definition) is 1. The molecule has 1 N–H and O–H groups in total. The van der Waals surface area contributed by atoms with Crippen LogP contribution in [0.25, 0.3) is 6.08 Å². The fraction of sp³-hybridized carbons (Fsp3) is 0.111. The van der Waals surface area contributed by atoms with Crippen LogP contribution in [0.3, 0.4) is 0 Å². The van der Waals surface area contributed by atoms with Gasteiger partial charge in [0.25, 0.3) is 5.91 Å². The topological polar surface area (TPSA) is 101 Å². The molecule has 1 aliphatic rings. The van der Waals surface area contributed by atoms with Crippen LogP contribution in [0.2, 0.25) is 0 Å². The fourth-order valence-corrected chi connectivity index (χ4v) is 4.02. The second kappa shape index (κ2) is 10.7. The molecule has 1 saturated heterocycles. The van der Waals surface area contributed by atoms with E-state index >= 15 is 0 Å². The first-order valence-corrected chi connectivity index (χ1v) is 11.6. The van der Waals surface area contributed by atoms with Crippen LogP contribution in [0.15, 0.2) is 82.7 Å². The summed E-state index contributed by atoms with van der Waals surface area (Å²) in [6, 6.07) is 23.0. The van der Waals surface area contributed by atoms with Gasteiger partial charge in [0.05, 0.1) is 27.8 Å². The molecule has 0 spiro atoms. The molecule has 1 fully saturated rings. The lowest BCUT2D eigenvalue weighted by atomic mass is 10.1. The first kappa shape index (κ1) is 23.8. The molecule has 4 rings (SSSR count). The van der Waals surface area contributed by atoms with Gasteiger partial charge in [-0.15, -0.1) is 0 Å². The highest BCUT2D eigenvalue weighted by Crippen LogP contribution is 2.33. The van der Waals surface area contributed by atoms with Crippen LogP contribution < -0.4 is 10.1 Å². The van der Waals surface area contributed by atoms with Crippen molar-refractivity contribution < 1.29 is 19.1 Å². The van der Waals surface area contributed by atoms with Gasteiger partial charge in [0.15, 0.2) is 5.17 Å². The van der Waals surface area contributed by atoms with Crippen LogP contribution in [0.5, 0.6) is 11.5 Å². The molecule has 0 bridgehead atoms. The lowest BCUT2D eigenvalue weighted by Crippen LogP contribution is -2.19. The number of para-hydroxylation sites is 2. The summed E-state index contributed by atoms with van der Waals surface area (Å²) >= 11 is 1.18. The molecule has 3 aromatic rings. The summed E-state index contributed by atoms with van der Waals surface area (Å²) in [7, 11) is 0. The van der Waals surface area contributed by atoms with Gasteiger partial charge in [-0.05, 0) is 68.1 Å². The normalized spacial score (nSPS) is 15.2. The highest BCUT2D eigenvalue weighted by Gasteiger charge is 2.24. The van der Waals surface area contributed by atoms with Crippen molar-refractivity contribution in [2.24, 2.45) is 4.99 Å². The van der Waals surface area contributed by atoms with Crippen molar-refractivity contribution in [1.29, 1.82) is 5.26 Å². The second-order valence-electron chi connectivity index (χ2n) is 7.73. The van der Waals surface area contributed by atoms with Crippen molar-refractivity contribution in [3.05, 3.63) is 94.4 Å². The number of thioether (sulfide) groups is 1. The largest absolute Gasteiger partial charge is 0.459 e. The van der Waals surface area contributed by atoms with E-state index in [1.807, 2.05) is 18.2 Å². The third-order valence-electron chi connectivity index (χ3n) is 4.74. The number of amides is 1. The van der Waals surface area contributed by atoms with Gasteiger partial charge in [-0.2, -0.15) is 5.26 Å². The van der Waals surface area contributed by atoms with E-state index in [9.17, 15) is 14.9 Å². The number of nitrogens with one attached hydrogen (secondary N) is 1. The van der Waals surface area contributed by atoms with E-state index in [1.165, 1.54) is 11.8 Å². The summed E-state index contributed by atoms with van der Waals surface area (Å²) < 4.78 is 11.2. The standard InChI is InChI=1S/C27H21N3O4S/c1-17(2)33-26(32)19-10-7-11-21(14-19)29-27-30-25(31)24(35-27)15-18-8-3-5-12-22(18)34-23-13-6-4-9-20(23)16-28/h3-15,17H,1-2H3,(H,29,30,31). The van der Waals surface area contributed by atoms with Crippen LogP contribution in [-0.2, 0) is 9.53 Å². The molecule has 0 atom stereocenters. The van der Waals surface area contributed by atoms with Gasteiger partial charge >= 0.3 is 5.97 Å². The predicted octanol–water partition coefficient (Wildman–Crippen LogP) is 5.81. The Kier molecular flexibility index (Phi) is 7.29. The lowest BCUT2D eigenvalue weighted by Gasteiger charge is -2.10. The molecule has 0 saturated carbocycles. The van der Waals surface area contributed by atoms with E-state index in [1.54, 1.807) is 74.5 Å². The van der Waals surface area contributed by atoms with E-state index in [0.29, 0.717) is 43.9 Å². The number of nitriles is 1. The predicted molar refractivity (Wildman–Crippen MR) is 135 cm³/mol. The monoisotopic (exact) mass is 483 g/mol. The van der Waals surface area contributed by atoms with Gasteiger partial charge in [0, 0.05) is 5.56 Å². The molecule has 0 radical (unpaired) electrons. The van der Waals surface area contributed by atoms with Crippen molar-refractivity contribution in [3.63, 3.8) is 0 Å². The third kappa shape index (κ3) is 5.96. The molecule has 35 heavy (non-hydrogen) atoms. The second-order valence-corrected chi connectivity index (χ2v) is 8.76. The number of ether oxygens (including phenoxy) is 2. The quantitative estimate of drug-likeness (QED) is 0.351. The number of amidine groups is 1. The summed E-state index contributed by atoms with van der Waals surface area (Å²) in [4.78, 5) is 29.7. The molecule has 3 aromatic carbocycles. The van der Waals surface area contributed by atoms with Gasteiger partial charge in [0.2, 0.25) is 0 Å². The Morgan fingerprint density at radius 2 is 1.80 bits per heavy atom. The average molecular weight is 484 g/mol. The summed E-state index contributed by atoms with van der Waals surface area (Å²) in [6.45, 7) is 3.57. The number of aliphatic imine (C=N–C) groups is 1. The summed E-state index contributed by atoms with van der Waals surface area (Å²) in [5.74, 6) is 0.219. The number of rotatable bonds is 6. The number of benzene rings is 3. The number of carbonyl (C=O) groups is 2. The fourth-order valence-electron chi connectivity index (χ4n) is 3.18. The van der Waals surface area contributed by atoms with E-state index in [2.05, 4.69) is 16.4 Å². The average Bonchev–Trinajstić information content (AvgIpc) is 3.18. The lowest BCUT2D eigenvalue weighted by molar-refractivity contribution is -0.115. The zero-order valence-corrected chi connectivity index (χ0v) is 19.8. The van der Waals surface area contributed by atoms with Gasteiger partial charge < -0.3 is 14.8 Å². The van der Waals surface area contributed by atoms with Gasteiger partial charge in [-0.1, -0.05) is 36.4 Å². The van der Waals surface area contributed by atoms with Crippen LogP contribution >= 0.6 is 11.8 Å². The van der Waals surface area contributed by atoms with Crippen LogP contribution in [-0.4, -0.2) is 23.1 Å². The van der Waals surface area contributed by atoms with Crippen LogP contribution in [0.1, 0.15) is 35.3 Å². The minimum absolute atomic E-state index is 0.227. The summed E-state index contributed by atoms with van der Waals surface area (Å²) in [5.41, 5.74) is 1.99. The zero-order chi connectivity index (χ0) is 24.8. The molecule has 0 aromatic heterocycles. The maximum absolute atomic E-state index is 12.6. The van der Waals surface area contributed by atoms with Gasteiger partial charge in [-0.3, -0.25) is 4.79 Å². The molecule has 1 heterocycles. The molecule has 0 aliphatic carbocycles. The number of esters is 1. The highest BCUT2D eigenvalue weighted by molar-refractivity contribution is 8.18. The first-order chi connectivity index (χ1) is 16.9. The Morgan fingerprint density at radius 1 is 1.06 bits per heavy atom. The van der Waals surface area contributed by atoms with Crippen LogP contribution in [0.4, 0.5) is 5.69 Å². The number of hydrogen-bond acceptors (Lipinski definition) is 7. The molecule has 8 heteroatoms. The van der Waals surface area contributed by atoms with E-state index < -0.39 is 5.97 Å². The highest BCUT2D eigenvalue weighted by atomic mass is 32.2. The Bertz CT molecular complexity index is 1390. The van der Waals surface area contributed by atoms with Crippen molar-refractivity contribution in [2.45, 2.75) is 20.0 Å². The van der Waals surface area contributed by atoms with E-state index in [4.69, 9.17) is 9.47 Å². The van der Waals surface area contributed by atoms with Crippen molar-refractivity contribution in [3.8, 4) is 17.6 Å². The van der Waals surface area contributed by atoms with E-state index in [0.717, 1.165) is 0 Å². The first-order valence-electron chi connectivity index (χ1n) is 10.8. The van der Waals surface area contributed by atoms with Crippen molar-refractivity contribution in [2.75, 3.05) is 0 Å². The minimum Gasteiger partial charge on any atom is -0.459 e. The van der Waals surface area contributed by atoms with Crippen molar-refractivity contribution in [1.82, 2.24) is 5.32 Å². The Hall–Kier alpha value is -4.35. The SMILES string of the molecule is CC(C)OC(=O)c1cccc(N=C2NC(=O)C(=Cc3ccccc3Oc3ccccc3C#N)S2)c1. The molecule has 7 nitrogen and oxygen atoms in total. The maximum Gasteiger partial charge on any atom is 0.338 e. The molecular formula is C27H21N3O4S. The Labute approximate surface area is 207 Å². The summed E-state index contributed by atoms with van der Waals surface area (Å²) in [5, 5.41) is 12.5. The number of carbonyl (C=O) groups excluding carboxylic acids is 2. The Balaban J connectivity index is 1.56. The van der Waals surface area contributed by atoms with Gasteiger partial charge in [-0.25, -0.2) is 9.79 Å². The minimum atomic E-state index is -0.430.